The number of carbonyl (C=O) groups is 4. The van der Waals surface area contributed by atoms with Crippen molar-refractivity contribution < 1.29 is 19.2 Å². The van der Waals surface area contributed by atoms with Crippen LogP contribution in [0.1, 0.15) is 18.9 Å². The van der Waals surface area contributed by atoms with Gasteiger partial charge in [0.1, 0.15) is 0 Å². The summed E-state index contributed by atoms with van der Waals surface area (Å²) in [4.78, 5) is 48.2. The Morgan fingerprint density at radius 2 is 2.18 bits per heavy atom. The van der Waals surface area contributed by atoms with Gasteiger partial charge in [-0.05, 0) is 30.3 Å². The molecule has 0 radical (unpaired) electrons. The van der Waals surface area contributed by atoms with Crippen molar-refractivity contribution in [2.24, 2.45) is 0 Å². The molecule has 0 bridgehead atoms. The molecule has 1 aromatic rings. The van der Waals surface area contributed by atoms with Crippen molar-refractivity contribution in [1.82, 2.24) is 16.0 Å². The summed E-state index contributed by atoms with van der Waals surface area (Å²) in [6.07, 6.45) is 2.45. The predicted molar refractivity (Wildman–Crippen MR) is 108 cm³/mol. The Morgan fingerprint density at radius 3 is 2.86 bits per heavy atom. The van der Waals surface area contributed by atoms with E-state index in [0.29, 0.717) is 23.0 Å². The quantitative estimate of drug-likeness (QED) is 0.617. The van der Waals surface area contributed by atoms with E-state index in [9.17, 15) is 19.2 Å². The van der Waals surface area contributed by atoms with Crippen LogP contribution in [0.25, 0.3) is 6.08 Å². The number of thioether (sulfide) groups is 1. The molecule has 28 heavy (non-hydrogen) atoms. The number of carbonyl (C=O) groups excluding carboxylic acids is 4. The minimum atomic E-state index is -0.418. The molecule has 8 nitrogen and oxygen atoms in total. The molecule has 0 aromatic heterocycles. The fourth-order valence-electron chi connectivity index (χ4n) is 3.15. The van der Waals surface area contributed by atoms with E-state index < -0.39 is 11.1 Å². The van der Waals surface area contributed by atoms with Crippen LogP contribution in [0.15, 0.2) is 23.1 Å². The number of nitrogens with one attached hydrogen (secondary N) is 3. The van der Waals surface area contributed by atoms with Crippen molar-refractivity contribution in [3.63, 3.8) is 0 Å². The Labute approximate surface area is 171 Å². The molecule has 2 fully saturated rings. The number of hydrogen-bond acceptors (Lipinski definition) is 7. The number of imide groups is 2. The third-order valence-corrected chi connectivity index (χ3v) is 5.43. The lowest BCUT2D eigenvalue weighted by Gasteiger charge is -2.23. The number of amides is 4. The van der Waals surface area contributed by atoms with Gasteiger partial charge in [-0.1, -0.05) is 23.7 Å². The summed E-state index contributed by atoms with van der Waals surface area (Å²) < 4.78 is 0. The molecule has 2 aliphatic rings. The van der Waals surface area contributed by atoms with Crippen molar-refractivity contribution in [3.05, 3.63) is 33.7 Å². The molecular formula is C18H19ClN4O4S. The number of nitrogens with zero attached hydrogens (tertiary/aromatic N) is 1. The maximum atomic E-state index is 11.8. The van der Waals surface area contributed by atoms with E-state index in [2.05, 4.69) is 20.9 Å². The molecule has 148 valence electrons. The van der Waals surface area contributed by atoms with E-state index in [4.69, 9.17) is 11.6 Å². The summed E-state index contributed by atoms with van der Waals surface area (Å²) >= 11 is 7.28. The number of hydrogen-bond donors (Lipinski definition) is 3. The number of benzene rings is 1. The van der Waals surface area contributed by atoms with Gasteiger partial charge in [0.25, 0.3) is 11.1 Å². The fourth-order valence-corrected chi connectivity index (χ4v) is 4.13. The van der Waals surface area contributed by atoms with Crippen molar-refractivity contribution in [2.75, 3.05) is 24.5 Å². The second-order valence-electron chi connectivity index (χ2n) is 6.45. The maximum Gasteiger partial charge on any atom is 0.290 e. The first-order valence-electron chi connectivity index (χ1n) is 8.65. The monoisotopic (exact) mass is 422 g/mol. The lowest BCUT2D eigenvalue weighted by Crippen LogP contribution is -2.41. The Hall–Kier alpha value is -2.36. The van der Waals surface area contributed by atoms with Gasteiger partial charge < -0.3 is 10.2 Å². The fraction of sp³-hybridized carbons (Fsp3) is 0.333. The van der Waals surface area contributed by atoms with Gasteiger partial charge in [0.2, 0.25) is 11.8 Å². The Morgan fingerprint density at radius 1 is 1.39 bits per heavy atom. The zero-order chi connectivity index (χ0) is 20.3. The van der Waals surface area contributed by atoms with Gasteiger partial charge in [0, 0.05) is 31.6 Å². The topological polar surface area (TPSA) is 108 Å². The van der Waals surface area contributed by atoms with E-state index in [1.807, 2.05) is 6.07 Å². The lowest BCUT2D eigenvalue weighted by molar-refractivity contribution is -0.128. The first kappa shape index (κ1) is 20.4. The minimum Gasteiger partial charge on any atom is -0.368 e. The number of para-hydroxylation sites is 1. The highest BCUT2D eigenvalue weighted by atomic mass is 35.5. The highest BCUT2D eigenvalue weighted by molar-refractivity contribution is 8.18. The molecule has 10 heteroatoms. The van der Waals surface area contributed by atoms with Gasteiger partial charge in [-0.15, -0.1) is 0 Å². The summed E-state index contributed by atoms with van der Waals surface area (Å²) in [5.41, 5.74) is 1.52. The van der Waals surface area contributed by atoms with Crippen molar-refractivity contribution in [2.45, 2.75) is 19.4 Å². The standard InChI is InChI=1S/C18H19ClN4O4S/c1-10(24)21-15(25)8-20-12-5-6-23(9-12)16-11(3-2-4-13(16)19)7-14-17(26)22-18(27)28-14/h2-4,7,12,20H,5-6,8-9H2,1H3,(H,21,24,25)(H,22,26,27)/b14-7-/t12-/m0/s1. The van der Waals surface area contributed by atoms with Crippen LogP contribution in [0.3, 0.4) is 0 Å². The highest BCUT2D eigenvalue weighted by Crippen LogP contribution is 2.35. The number of rotatable bonds is 5. The molecule has 0 saturated carbocycles. The minimum absolute atomic E-state index is 0.0520. The molecule has 1 aromatic carbocycles. The summed E-state index contributed by atoms with van der Waals surface area (Å²) in [6, 6.07) is 5.45. The zero-order valence-corrected chi connectivity index (χ0v) is 16.7. The lowest BCUT2D eigenvalue weighted by atomic mass is 10.1. The number of anilines is 1. The van der Waals surface area contributed by atoms with Gasteiger partial charge in [0.15, 0.2) is 0 Å². The smallest absolute Gasteiger partial charge is 0.290 e. The van der Waals surface area contributed by atoms with Gasteiger partial charge >= 0.3 is 0 Å². The second-order valence-corrected chi connectivity index (χ2v) is 7.87. The zero-order valence-electron chi connectivity index (χ0n) is 15.1. The normalized spacial score (nSPS) is 20.6. The van der Waals surface area contributed by atoms with E-state index in [0.717, 1.165) is 29.4 Å². The van der Waals surface area contributed by atoms with Crippen LogP contribution in [-0.4, -0.2) is 48.6 Å². The van der Waals surface area contributed by atoms with Gasteiger partial charge in [-0.25, -0.2) is 0 Å². The second kappa shape index (κ2) is 8.76. The molecule has 0 spiro atoms. The van der Waals surface area contributed by atoms with E-state index >= 15 is 0 Å². The summed E-state index contributed by atoms with van der Waals surface area (Å²) in [5.74, 6) is -1.18. The molecule has 1 atom stereocenters. The molecular weight excluding hydrogens is 404 g/mol. The van der Waals surface area contributed by atoms with Gasteiger partial charge in [0.05, 0.1) is 22.2 Å². The van der Waals surface area contributed by atoms with Crippen molar-refractivity contribution >= 4 is 58.1 Å². The Kier molecular flexibility index (Phi) is 6.38. The Balaban J connectivity index is 1.71. The largest absolute Gasteiger partial charge is 0.368 e. The predicted octanol–water partition coefficient (Wildman–Crippen LogP) is 1.49. The van der Waals surface area contributed by atoms with Crippen LogP contribution >= 0.6 is 23.4 Å². The number of halogens is 1. The van der Waals surface area contributed by atoms with Gasteiger partial charge in [-0.2, -0.15) is 0 Å². The van der Waals surface area contributed by atoms with Crippen LogP contribution in [-0.2, 0) is 14.4 Å². The van der Waals surface area contributed by atoms with Crippen LogP contribution < -0.4 is 20.9 Å². The van der Waals surface area contributed by atoms with E-state index in [1.165, 1.54) is 6.92 Å². The molecule has 3 N–H and O–H groups in total. The first-order valence-corrected chi connectivity index (χ1v) is 9.85. The summed E-state index contributed by atoms with van der Waals surface area (Å²) in [5, 5.41) is 7.74. The SMILES string of the molecule is CC(=O)NC(=O)CN[C@H]1CCN(c2c(Cl)cccc2/C=C2\SC(=O)NC2=O)C1. The van der Waals surface area contributed by atoms with E-state index in [1.54, 1.807) is 18.2 Å². The molecule has 4 amide bonds. The molecule has 3 rings (SSSR count). The molecule has 2 heterocycles. The van der Waals surface area contributed by atoms with Crippen molar-refractivity contribution in [1.29, 1.82) is 0 Å². The molecule has 2 aliphatic heterocycles. The Bertz CT molecular complexity index is 873. The summed E-state index contributed by atoms with van der Waals surface area (Å²) in [6.45, 7) is 2.67. The maximum absolute atomic E-state index is 11.8. The third-order valence-electron chi connectivity index (χ3n) is 4.32. The average Bonchev–Trinajstić information content (AvgIpc) is 3.19. The van der Waals surface area contributed by atoms with E-state index in [-0.39, 0.29) is 24.4 Å². The average molecular weight is 423 g/mol. The first-order chi connectivity index (χ1) is 13.3. The van der Waals surface area contributed by atoms with Crippen LogP contribution in [0.2, 0.25) is 5.02 Å². The third kappa shape index (κ3) is 4.92. The molecule has 2 saturated heterocycles. The van der Waals surface area contributed by atoms with Gasteiger partial charge in [-0.3, -0.25) is 29.8 Å². The van der Waals surface area contributed by atoms with Crippen LogP contribution in [0.5, 0.6) is 0 Å². The van der Waals surface area contributed by atoms with Crippen LogP contribution in [0, 0.1) is 0 Å². The van der Waals surface area contributed by atoms with Crippen molar-refractivity contribution in [3.8, 4) is 0 Å². The molecule has 0 unspecified atom stereocenters. The highest BCUT2D eigenvalue weighted by Gasteiger charge is 2.28. The molecule has 0 aliphatic carbocycles. The summed E-state index contributed by atoms with van der Waals surface area (Å²) in [7, 11) is 0. The van der Waals surface area contributed by atoms with Crippen LogP contribution in [0.4, 0.5) is 10.5 Å².